The number of rotatable bonds is 2. The Labute approximate surface area is 102 Å². The van der Waals surface area contributed by atoms with Crippen LogP contribution in [-0.2, 0) is 0 Å². The number of aryl methyl sites for hydroxylation is 1. The van der Waals surface area contributed by atoms with Gasteiger partial charge in [0, 0.05) is 17.1 Å². The van der Waals surface area contributed by atoms with Gasteiger partial charge >= 0.3 is 0 Å². The number of hydrogen-bond acceptors (Lipinski definition) is 3. The van der Waals surface area contributed by atoms with Gasteiger partial charge in [-0.15, -0.1) is 5.10 Å². The van der Waals surface area contributed by atoms with Crippen LogP contribution in [0.2, 0.25) is 0 Å². The number of nitrogens with one attached hydrogen (secondary N) is 3. The van der Waals surface area contributed by atoms with Crippen LogP contribution in [0.1, 0.15) is 16.2 Å². The Morgan fingerprint density at radius 3 is 2.94 bits per heavy atom. The van der Waals surface area contributed by atoms with Crippen molar-refractivity contribution >= 4 is 22.8 Å². The lowest BCUT2D eigenvalue weighted by molar-refractivity contribution is 0.102. The minimum Gasteiger partial charge on any atom is -0.360 e. The van der Waals surface area contributed by atoms with Gasteiger partial charge < -0.3 is 4.98 Å². The van der Waals surface area contributed by atoms with E-state index in [2.05, 4.69) is 25.5 Å². The molecule has 3 N–H and O–H groups in total. The standard InChI is InChI=1S/C12H11N5O/c1-7-14-12(17-16-7)15-11(18)9-6-13-10-5-3-2-4-8(9)10/h2-6,13H,1H3,(H2,14,15,16,17,18). The predicted octanol–water partition coefficient (Wildman–Crippen LogP) is 1.85. The molecule has 3 aromatic rings. The summed E-state index contributed by atoms with van der Waals surface area (Å²) < 4.78 is 0. The largest absolute Gasteiger partial charge is 0.360 e. The lowest BCUT2D eigenvalue weighted by Crippen LogP contribution is -2.12. The topological polar surface area (TPSA) is 86.5 Å². The Balaban J connectivity index is 1.92. The number of benzene rings is 1. The normalized spacial score (nSPS) is 10.7. The van der Waals surface area contributed by atoms with Crippen LogP contribution in [0.25, 0.3) is 10.9 Å². The van der Waals surface area contributed by atoms with Crippen LogP contribution in [-0.4, -0.2) is 26.1 Å². The van der Waals surface area contributed by atoms with Gasteiger partial charge in [0.15, 0.2) is 0 Å². The number of fused-ring (bicyclic) bond motifs is 1. The van der Waals surface area contributed by atoms with Crippen molar-refractivity contribution in [3.8, 4) is 0 Å². The van der Waals surface area contributed by atoms with Crippen LogP contribution in [0.4, 0.5) is 5.95 Å². The van der Waals surface area contributed by atoms with E-state index in [1.54, 1.807) is 13.1 Å². The SMILES string of the molecule is Cc1nc(NC(=O)c2c[nH]c3ccccc23)n[nH]1. The average Bonchev–Trinajstić information content (AvgIpc) is 2.95. The van der Waals surface area contributed by atoms with E-state index in [9.17, 15) is 4.79 Å². The first kappa shape index (κ1) is 10.5. The van der Waals surface area contributed by atoms with Crippen LogP contribution < -0.4 is 5.32 Å². The molecule has 6 heteroatoms. The summed E-state index contributed by atoms with van der Waals surface area (Å²) in [6.45, 7) is 1.77. The van der Waals surface area contributed by atoms with E-state index >= 15 is 0 Å². The number of anilines is 1. The lowest BCUT2D eigenvalue weighted by Gasteiger charge is -1.98. The number of nitrogens with zero attached hydrogens (tertiary/aromatic N) is 2. The highest BCUT2D eigenvalue weighted by molar-refractivity contribution is 6.12. The first-order valence-electron chi connectivity index (χ1n) is 5.50. The van der Waals surface area contributed by atoms with E-state index in [1.165, 1.54) is 0 Å². The fraction of sp³-hybridized carbons (Fsp3) is 0.0833. The van der Waals surface area contributed by atoms with Crippen molar-refractivity contribution < 1.29 is 4.79 Å². The number of amides is 1. The van der Waals surface area contributed by atoms with Gasteiger partial charge in [-0.05, 0) is 13.0 Å². The number of aromatic nitrogens is 4. The molecule has 3 rings (SSSR count). The van der Waals surface area contributed by atoms with E-state index in [4.69, 9.17) is 0 Å². The number of carbonyl (C=O) groups is 1. The summed E-state index contributed by atoms with van der Waals surface area (Å²) in [6, 6.07) is 7.62. The maximum Gasteiger partial charge on any atom is 0.260 e. The zero-order valence-electron chi connectivity index (χ0n) is 9.69. The highest BCUT2D eigenvalue weighted by Gasteiger charge is 2.13. The molecule has 2 aromatic heterocycles. The van der Waals surface area contributed by atoms with Crippen molar-refractivity contribution in [2.24, 2.45) is 0 Å². The van der Waals surface area contributed by atoms with Crippen molar-refractivity contribution in [2.45, 2.75) is 6.92 Å². The fourth-order valence-corrected chi connectivity index (χ4v) is 1.83. The molecule has 0 saturated carbocycles. The quantitative estimate of drug-likeness (QED) is 0.639. The summed E-state index contributed by atoms with van der Waals surface area (Å²) >= 11 is 0. The van der Waals surface area contributed by atoms with Crippen LogP contribution in [0.3, 0.4) is 0 Å². The summed E-state index contributed by atoms with van der Waals surface area (Å²) in [7, 11) is 0. The molecule has 0 atom stereocenters. The molecule has 1 amide bonds. The van der Waals surface area contributed by atoms with Gasteiger partial charge in [0.05, 0.1) is 5.56 Å². The van der Waals surface area contributed by atoms with Gasteiger partial charge in [-0.25, -0.2) is 0 Å². The van der Waals surface area contributed by atoms with Crippen molar-refractivity contribution in [3.63, 3.8) is 0 Å². The summed E-state index contributed by atoms with van der Waals surface area (Å²) in [5, 5.41) is 10.1. The first-order chi connectivity index (χ1) is 8.74. The molecule has 1 aromatic carbocycles. The van der Waals surface area contributed by atoms with E-state index < -0.39 is 0 Å². The second kappa shape index (κ2) is 3.99. The molecule has 6 nitrogen and oxygen atoms in total. The zero-order valence-corrected chi connectivity index (χ0v) is 9.69. The third kappa shape index (κ3) is 1.73. The van der Waals surface area contributed by atoms with Crippen molar-refractivity contribution in [1.82, 2.24) is 20.2 Å². The number of aromatic amines is 2. The third-order valence-corrected chi connectivity index (χ3v) is 2.66. The summed E-state index contributed by atoms with van der Waals surface area (Å²) in [6.07, 6.45) is 1.68. The molecule has 0 spiro atoms. The Morgan fingerprint density at radius 2 is 2.17 bits per heavy atom. The highest BCUT2D eigenvalue weighted by atomic mass is 16.1. The van der Waals surface area contributed by atoms with E-state index in [0.717, 1.165) is 10.9 Å². The zero-order chi connectivity index (χ0) is 12.5. The molecule has 0 aliphatic carbocycles. The van der Waals surface area contributed by atoms with Gasteiger partial charge in [0.2, 0.25) is 5.95 Å². The average molecular weight is 241 g/mol. The number of H-pyrrole nitrogens is 2. The maximum absolute atomic E-state index is 12.1. The second-order valence-corrected chi connectivity index (χ2v) is 3.95. The third-order valence-electron chi connectivity index (χ3n) is 2.66. The summed E-state index contributed by atoms with van der Waals surface area (Å²) in [4.78, 5) is 19.2. The van der Waals surface area contributed by atoms with Gasteiger partial charge in [-0.2, -0.15) is 4.98 Å². The predicted molar refractivity (Wildman–Crippen MR) is 67.4 cm³/mol. The van der Waals surface area contributed by atoms with Gasteiger partial charge in [-0.1, -0.05) is 18.2 Å². The molecule has 18 heavy (non-hydrogen) atoms. The Morgan fingerprint density at radius 1 is 1.33 bits per heavy atom. The summed E-state index contributed by atoms with van der Waals surface area (Å²) in [5.41, 5.74) is 1.50. The first-order valence-corrected chi connectivity index (χ1v) is 5.50. The number of para-hydroxylation sites is 1. The molecule has 2 heterocycles. The minimum absolute atomic E-state index is 0.230. The van der Waals surface area contributed by atoms with Crippen LogP contribution in [0.5, 0.6) is 0 Å². The summed E-state index contributed by atoms with van der Waals surface area (Å²) in [5.74, 6) is 0.707. The van der Waals surface area contributed by atoms with Crippen molar-refractivity contribution in [1.29, 1.82) is 0 Å². The molecule has 0 fully saturated rings. The number of carbonyl (C=O) groups excluding carboxylic acids is 1. The molecule has 90 valence electrons. The van der Waals surface area contributed by atoms with Crippen LogP contribution >= 0.6 is 0 Å². The van der Waals surface area contributed by atoms with E-state index in [1.807, 2.05) is 24.3 Å². The molecular formula is C12H11N5O. The lowest BCUT2D eigenvalue weighted by atomic mass is 10.1. The highest BCUT2D eigenvalue weighted by Crippen LogP contribution is 2.18. The number of hydrogen-bond donors (Lipinski definition) is 3. The second-order valence-electron chi connectivity index (χ2n) is 3.95. The molecule has 0 aliphatic rings. The van der Waals surface area contributed by atoms with E-state index in [0.29, 0.717) is 11.4 Å². The molecule has 0 saturated heterocycles. The molecule has 0 unspecified atom stereocenters. The maximum atomic E-state index is 12.1. The van der Waals surface area contributed by atoms with Gasteiger partial charge in [0.1, 0.15) is 5.82 Å². The van der Waals surface area contributed by atoms with Crippen LogP contribution in [0.15, 0.2) is 30.5 Å². The van der Waals surface area contributed by atoms with Crippen molar-refractivity contribution in [3.05, 3.63) is 41.9 Å². The smallest absolute Gasteiger partial charge is 0.260 e. The Hall–Kier alpha value is -2.63. The van der Waals surface area contributed by atoms with Crippen LogP contribution in [0, 0.1) is 6.92 Å². The van der Waals surface area contributed by atoms with Crippen molar-refractivity contribution in [2.75, 3.05) is 5.32 Å². The molecule has 0 radical (unpaired) electrons. The Kier molecular flexibility index (Phi) is 2.33. The molecular weight excluding hydrogens is 230 g/mol. The van der Waals surface area contributed by atoms with Gasteiger partial charge in [-0.3, -0.25) is 15.2 Å². The minimum atomic E-state index is -0.230. The monoisotopic (exact) mass is 241 g/mol. The fourth-order valence-electron chi connectivity index (χ4n) is 1.83. The molecule has 0 aliphatic heterocycles. The Bertz CT molecular complexity index is 712. The van der Waals surface area contributed by atoms with E-state index in [-0.39, 0.29) is 11.9 Å². The molecule has 0 bridgehead atoms. The van der Waals surface area contributed by atoms with Gasteiger partial charge in [0.25, 0.3) is 5.91 Å².